The third-order valence-electron chi connectivity index (χ3n) is 2.46. The predicted molar refractivity (Wildman–Crippen MR) is 72.5 cm³/mol. The van der Waals surface area contributed by atoms with Gasteiger partial charge >= 0.3 is 0 Å². The van der Waals surface area contributed by atoms with E-state index in [-0.39, 0.29) is 15.7 Å². The standard InChI is InChI=1S/C11H18N2O4S2/c1-9(2)8-13(3)19(16,17)11-6-4-5-10(7-11)18(12,14)15/h4-7,9H,8H2,1-3H3,(H2,12,14,15). The first-order valence-corrected chi connectivity index (χ1v) is 8.63. The third-order valence-corrected chi connectivity index (χ3v) is 5.19. The van der Waals surface area contributed by atoms with Gasteiger partial charge in [0.05, 0.1) is 9.79 Å². The van der Waals surface area contributed by atoms with Crippen LogP contribution in [0.5, 0.6) is 0 Å². The number of rotatable bonds is 5. The van der Waals surface area contributed by atoms with Crippen LogP contribution in [0.25, 0.3) is 0 Å². The van der Waals surface area contributed by atoms with E-state index in [1.165, 1.54) is 29.6 Å². The smallest absolute Gasteiger partial charge is 0.225 e. The third kappa shape index (κ3) is 4.00. The van der Waals surface area contributed by atoms with E-state index in [1.54, 1.807) is 0 Å². The molecule has 0 unspecified atom stereocenters. The molecule has 1 aromatic rings. The lowest BCUT2D eigenvalue weighted by atomic mass is 10.2. The fourth-order valence-corrected chi connectivity index (χ4v) is 3.62. The van der Waals surface area contributed by atoms with Crippen LogP contribution in [-0.2, 0) is 20.0 Å². The fourth-order valence-electron chi connectivity index (χ4n) is 1.60. The van der Waals surface area contributed by atoms with Gasteiger partial charge < -0.3 is 0 Å². The van der Waals surface area contributed by atoms with Crippen LogP contribution in [0.1, 0.15) is 13.8 Å². The summed E-state index contributed by atoms with van der Waals surface area (Å²) in [5.41, 5.74) is 0. The molecule has 0 aromatic heterocycles. The Kier molecular flexibility index (Phi) is 4.72. The molecule has 0 atom stereocenters. The van der Waals surface area contributed by atoms with Gasteiger partial charge in [0, 0.05) is 13.6 Å². The van der Waals surface area contributed by atoms with E-state index >= 15 is 0 Å². The fraction of sp³-hybridized carbons (Fsp3) is 0.455. The molecule has 0 aliphatic rings. The summed E-state index contributed by atoms with van der Waals surface area (Å²) in [6.07, 6.45) is 0. The van der Waals surface area contributed by atoms with E-state index in [2.05, 4.69) is 0 Å². The van der Waals surface area contributed by atoms with Crippen molar-refractivity contribution in [2.24, 2.45) is 11.1 Å². The Morgan fingerprint density at radius 3 is 2.16 bits per heavy atom. The molecule has 0 aliphatic heterocycles. The van der Waals surface area contributed by atoms with Crippen molar-refractivity contribution in [2.75, 3.05) is 13.6 Å². The summed E-state index contributed by atoms with van der Waals surface area (Å²) in [6, 6.07) is 5.04. The second kappa shape index (κ2) is 5.58. The largest absolute Gasteiger partial charge is 0.242 e. The SMILES string of the molecule is CC(C)CN(C)S(=O)(=O)c1cccc(S(N)(=O)=O)c1. The van der Waals surface area contributed by atoms with Crippen molar-refractivity contribution in [3.05, 3.63) is 24.3 Å². The molecular weight excluding hydrogens is 288 g/mol. The zero-order valence-electron chi connectivity index (χ0n) is 11.1. The Morgan fingerprint density at radius 1 is 1.16 bits per heavy atom. The van der Waals surface area contributed by atoms with Gasteiger partial charge in [0.2, 0.25) is 20.0 Å². The lowest BCUT2D eigenvalue weighted by molar-refractivity contribution is 0.417. The van der Waals surface area contributed by atoms with Gasteiger partial charge in [-0.25, -0.2) is 26.3 Å². The van der Waals surface area contributed by atoms with Gasteiger partial charge in [0.1, 0.15) is 0 Å². The zero-order chi connectivity index (χ0) is 14.8. The van der Waals surface area contributed by atoms with Crippen molar-refractivity contribution in [2.45, 2.75) is 23.6 Å². The summed E-state index contributed by atoms with van der Waals surface area (Å²) < 4.78 is 48.1. The molecule has 0 amide bonds. The molecule has 0 heterocycles. The summed E-state index contributed by atoms with van der Waals surface area (Å²) in [5, 5.41) is 4.99. The predicted octanol–water partition coefficient (Wildman–Crippen LogP) is 0.611. The lowest BCUT2D eigenvalue weighted by Gasteiger charge is -2.19. The average Bonchev–Trinajstić information content (AvgIpc) is 2.27. The van der Waals surface area contributed by atoms with Crippen molar-refractivity contribution >= 4 is 20.0 Å². The maximum atomic E-state index is 12.2. The lowest BCUT2D eigenvalue weighted by Crippen LogP contribution is -2.30. The molecule has 0 aliphatic carbocycles. The molecule has 0 radical (unpaired) electrons. The van der Waals surface area contributed by atoms with E-state index in [9.17, 15) is 16.8 Å². The van der Waals surface area contributed by atoms with Gasteiger partial charge in [-0.1, -0.05) is 19.9 Å². The highest BCUT2D eigenvalue weighted by atomic mass is 32.2. The number of benzene rings is 1. The molecule has 0 fully saturated rings. The summed E-state index contributed by atoms with van der Waals surface area (Å²) >= 11 is 0. The van der Waals surface area contributed by atoms with Gasteiger partial charge in [0.25, 0.3) is 0 Å². The molecular formula is C11H18N2O4S2. The monoisotopic (exact) mass is 306 g/mol. The highest BCUT2D eigenvalue weighted by molar-refractivity contribution is 7.90. The van der Waals surface area contributed by atoms with Gasteiger partial charge in [-0.05, 0) is 24.1 Å². The Labute approximate surface area is 114 Å². The zero-order valence-corrected chi connectivity index (χ0v) is 12.7. The van der Waals surface area contributed by atoms with E-state index in [4.69, 9.17) is 5.14 Å². The van der Waals surface area contributed by atoms with E-state index in [0.29, 0.717) is 6.54 Å². The maximum Gasteiger partial charge on any atom is 0.242 e. The number of primary sulfonamides is 1. The van der Waals surface area contributed by atoms with Gasteiger partial charge in [0.15, 0.2) is 0 Å². The molecule has 19 heavy (non-hydrogen) atoms. The van der Waals surface area contributed by atoms with E-state index in [0.717, 1.165) is 6.07 Å². The summed E-state index contributed by atoms with van der Waals surface area (Å²) in [6.45, 7) is 4.14. The molecule has 8 heteroatoms. The number of sulfonamides is 2. The molecule has 108 valence electrons. The Balaban J connectivity index is 3.23. The molecule has 0 bridgehead atoms. The van der Waals surface area contributed by atoms with Gasteiger partial charge in [-0.2, -0.15) is 0 Å². The second-order valence-electron chi connectivity index (χ2n) is 4.70. The minimum Gasteiger partial charge on any atom is -0.225 e. The Morgan fingerprint density at radius 2 is 1.68 bits per heavy atom. The topological polar surface area (TPSA) is 97.5 Å². The van der Waals surface area contributed by atoms with E-state index < -0.39 is 20.0 Å². The van der Waals surface area contributed by atoms with Crippen LogP contribution in [-0.4, -0.2) is 34.7 Å². The van der Waals surface area contributed by atoms with Crippen LogP contribution in [0.3, 0.4) is 0 Å². The van der Waals surface area contributed by atoms with Crippen LogP contribution in [0.15, 0.2) is 34.1 Å². The van der Waals surface area contributed by atoms with Crippen LogP contribution in [0, 0.1) is 5.92 Å². The number of nitrogens with zero attached hydrogens (tertiary/aromatic N) is 1. The second-order valence-corrected chi connectivity index (χ2v) is 8.31. The molecule has 0 saturated carbocycles. The van der Waals surface area contributed by atoms with E-state index in [1.807, 2.05) is 13.8 Å². The van der Waals surface area contributed by atoms with Crippen molar-refractivity contribution in [1.82, 2.24) is 4.31 Å². The summed E-state index contributed by atoms with van der Waals surface area (Å²) in [4.78, 5) is -0.298. The minimum atomic E-state index is -3.92. The van der Waals surface area contributed by atoms with Crippen molar-refractivity contribution in [1.29, 1.82) is 0 Å². The van der Waals surface area contributed by atoms with Crippen LogP contribution in [0.2, 0.25) is 0 Å². The van der Waals surface area contributed by atoms with Crippen LogP contribution >= 0.6 is 0 Å². The van der Waals surface area contributed by atoms with Crippen molar-refractivity contribution < 1.29 is 16.8 Å². The highest BCUT2D eigenvalue weighted by Crippen LogP contribution is 2.18. The summed E-state index contributed by atoms with van der Waals surface area (Å²) in [7, 11) is -6.16. The number of nitrogens with two attached hydrogens (primary N) is 1. The quantitative estimate of drug-likeness (QED) is 0.861. The van der Waals surface area contributed by atoms with Crippen molar-refractivity contribution in [3.63, 3.8) is 0 Å². The Bertz CT molecular complexity index is 651. The van der Waals surface area contributed by atoms with Gasteiger partial charge in [-0.3, -0.25) is 0 Å². The molecule has 1 aromatic carbocycles. The molecule has 6 nitrogen and oxygen atoms in total. The van der Waals surface area contributed by atoms with Crippen molar-refractivity contribution in [3.8, 4) is 0 Å². The molecule has 1 rings (SSSR count). The number of hydrogen-bond donors (Lipinski definition) is 1. The number of hydrogen-bond acceptors (Lipinski definition) is 4. The normalized spacial score (nSPS) is 13.2. The Hall–Kier alpha value is -0.960. The molecule has 2 N–H and O–H groups in total. The first kappa shape index (κ1) is 16.1. The molecule has 0 saturated heterocycles. The maximum absolute atomic E-state index is 12.2. The summed E-state index contributed by atoms with van der Waals surface area (Å²) in [5.74, 6) is 0.168. The van der Waals surface area contributed by atoms with Gasteiger partial charge in [-0.15, -0.1) is 0 Å². The van der Waals surface area contributed by atoms with Crippen LogP contribution < -0.4 is 5.14 Å². The van der Waals surface area contributed by atoms with Crippen LogP contribution in [0.4, 0.5) is 0 Å². The minimum absolute atomic E-state index is 0.0813. The molecule has 0 spiro atoms. The highest BCUT2D eigenvalue weighted by Gasteiger charge is 2.22. The average molecular weight is 306 g/mol. The first-order valence-electron chi connectivity index (χ1n) is 5.64. The first-order chi connectivity index (χ1) is 8.55.